The Morgan fingerprint density at radius 3 is 2.89 bits per heavy atom. The predicted octanol–water partition coefficient (Wildman–Crippen LogP) is 2.54. The van der Waals surface area contributed by atoms with Crippen LogP contribution in [0.1, 0.15) is 69.2 Å². The van der Waals surface area contributed by atoms with Gasteiger partial charge in [0.15, 0.2) is 0 Å². The summed E-state index contributed by atoms with van der Waals surface area (Å²) < 4.78 is 11.2. The molecule has 3 rings (SSSR count). The second-order valence-electron chi connectivity index (χ2n) is 5.83. The molecule has 0 aliphatic heterocycles. The Hall–Kier alpha value is -0.940. The van der Waals surface area contributed by atoms with Crippen LogP contribution in [-0.4, -0.2) is 22.8 Å². The first-order valence-electron chi connectivity index (χ1n) is 7.48. The summed E-state index contributed by atoms with van der Waals surface area (Å²) in [6.45, 7) is 2.70. The maximum Gasteiger partial charge on any atom is 0.229 e. The standard InChI is InChI=1S/C14H23N3O2/c1-2-18-12(9-6-7-9)13-16-14(19-17-13)10-4-3-5-11(15)8-10/h9-12H,2-8,15H2,1H3. The van der Waals surface area contributed by atoms with Crippen LogP contribution in [-0.2, 0) is 4.74 Å². The van der Waals surface area contributed by atoms with Gasteiger partial charge in [0.2, 0.25) is 11.7 Å². The van der Waals surface area contributed by atoms with Crippen molar-refractivity contribution in [2.75, 3.05) is 6.61 Å². The van der Waals surface area contributed by atoms with Gasteiger partial charge in [0.05, 0.1) is 0 Å². The molecule has 0 amide bonds. The van der Waals surface area contributed by atoms with Gasteiger partial charge in [-0.15, -0.1) is 0 Å². The third kappa shape index (κ3) is 2.98. The lowest BCUT2D eigenvalue weighted by Crippen LogP contribution is -2.27. The van der Waals surface area contributed by atoms with Crippen molar-refractivity contribution in [2.24, 2.45) is 11.7 Å². The molecule has 0 saturated heterocycles. The molecule has 1 aromatic rings. The predicted molar refractivity (Wildman–Crippen MR) is 70.6 cm³/mol. The van der Waals surface area contributed by atoms with E-state index in [1.807, 2.05) is 6.92 Å². The molecular formula is C14H23N3O2. The summed E-state index contributed by atoms with van der Waals surface area (Å²) in [6.07, 6.45) is 6.79. The van der Waals surface area contributed by atoms with Crippen LogP contribution in [0.2, 0.25) is 0 Å². The third-order valence-electron chi connectivity index (χ3n) is 4.17. The Kier molecular flexibility index (Phi) is 3.84. The van der Waals surface area contributed by atoms with Crippen molar-refractivity contribution in [3.05, 3.63) is 11.7 Å². The highest BCUT2D eigenvalue weighted by Gasteiger charge is 2.37. The van der Waals surface area contributed by atoms with Crippen LogP contribution in [0.3, 0.4) is 0 Å². The molecule has 3 unspecified atom stereocenters. The van der Waals surface area contributed by atoms with E-state index in [1.54, 1.807) is 0 Å². The number of aromatic nitrogens is 2. The molecule has 3 atom stereocenters. The Labute approximate surface area is 113 Å². The molecule has 0 bridgehead atoms. The fourth-order valence-electron chi connectivity index (χ4n) is 2.98. The second kappa shape index (κ2) is 5.59. The smallest absolute Gasteiger partial charge is 0.229 e. The average Bonchev–Trinajstić information content (AvgIpc) is 3.13. The number of ether oxygens (including phenoxy) is 1. The molecule has 2 fully saturated rings. The summed E-state index contributed by atoms with van der Waals surface area (Å²) in [4.78, 5) is 4.59. The Balaban J connectivity index is 1.70. The fourth-order valence-corrected chi connectivity index (χ4v) is 2.98. The number of rotatable bonds is 5. The summed E-state index contributed by atoms with van der Waals surface area (Å²) >= 11 is 0. The molecule has 1 heterocycles. The summed E-state index contributed by atoms with van der Waals surface area (Å²) in [7, 11) is 0. The van der Waals surface area contributed by atoms with E-state index in [2.05, 4.69) is 10.1 Å². The number of hydrogen-bond acceptors (Lipinski definition) is 5. The molecule has 2 aliphatic carbocycles. The van der Waals surface area contributed by atoms with Crippen molar-refractivity contribution in [3.8, 4) is 0 Å². The van der Waals surface area contributed by atoms with Crippen LogP contribution in [0.5, 0.6) is 0 Å². The zero-order valence-corrected chi connectivity index (χ0v) is 11.5. The zero-order valence-electron chi connectivity index (χ0n) is 11.5. The van der Waals surface area contributed by atoms with Crippen molar-refractivity contribution < 1.29 is 9.26 Å². The van der Waals surface area contributed by atoms with Crippen LogP contribution in [0, 0.1) is 5.92 Å². The molecule has 2 saturated carbocycles. The lowest BCUT2D eigenvalue weighted by molar-refractivity contribution is 0.0384. The van der Waals surface area contributed by atoms with Crippen LogP contribution in [0.15, 0.2) is 4.52 Å². The van der Waals surface area contributed by atoms with Gasteiger partial charge in [0.25, 0.3) is 0 Å². The van der Waals surface area contributed by atoms with Crippen LogP contribution in [0.25, 0.3) is 0 Å². The SMILES string of the molecule is CCOC(c1noc(C2CCCC(N)C2)n1)C1CC1. The minimum atomic E-state index is 0.0276. The van der Waals surface area contributed by atoms with Gasteiger partial charge >= 0.3 is 0 Å². The highest BCUT2D eigenvalue weighted by molar-refractivity contribution is 5.02. The normalized spacial score (nSPS) is 29.4. The van der Waals surface area contributed by atoms with Gasteiger partial charge in [-0.2, -0.15) is 4.98 Å². The van der Waals surface area contributed by atoms with Gasteiger partial charge in [-0.25, -0.2) is 0 Å². The second-order valence-corrected chi connectivity index (χ2v) is 5.83. The first-order valence-corrected chi connectivity index (χ1v) is 7.48. The molecule has 5 nitrogen and oxygen atoms in total. The van der Waals surface area contributed by atoms with Gasteiger partial charge in [-0.05, 0) is 44.9 Å². The number of hydrogen-bond donors (Lipinski definition) is 1. The molecule has 2 N–H and O–H groups in total. The van der Waals surface area contributed by atoms with E-state index in [1.165, 1.54) is 12.8 Å². The molecule has 106 valence electrons. The van der Waals surface area contributed by atoms with Gasteiger partial charge in [-0.3, -0.25) is 0 Å². The van der Waals surface area contributed by atoms with E-state index in [9.17, 15) is 0 Å². The summed E-state index contributed by atoms with van der Waals surface area (Å²) in [5, 5.41) is 4.14. The van der Waals surface area contributed by atoms with Crippen molar-refractivity contribution in [3.63, 3.8) is 0 Å². The molecule has 5 heteroatoms. The van der Waals surface area contributed by atoms with E-state index in [0.29, 0.717) is 18.4 Å². The third-order valence-corrected chi connectivity index (χ3v) is 4.17. The topological polar surface area (TPSA) is 74.2 Å². The minimum Gasteiger partial charge on any atom is -0.370 e. The van der Waals surface area contributed by atoms with E-state index >= 15 is 0 Å². The molecule has 1 aromatic heterocycles. The first-order chi connectivity index (χ1) is 9.28. The maximum absolute atomic E-state index is 6.02. The quantitative estimate of drug-likeness (QED) is 0.885. The van der Waals surface area contributed by atoms with Gasteiger partial charge < -0.3 is 15.0 Å². The highest BCUT2D eigenvalue weighted by Crippen LogP contribution is 2.42. The molecule has 0 aromatic carbocycles. The van der Waals surface area contributed by atoms with Crippen molar-refractivity contribution in [2.45, 2.75) is 63.5 Å². The highest BCUT2D eigenvalue weighted by atomic mass is 16.5. The van der Waals surface area contributed by atoms with E-state index in [4.69, 9.17) is 15.0 Å². The molecule has 0 radical (unpaired) electrons. The lowest BCUT2D eigenvalue weighted by Gasteiger charge is -2.23. The van der Waals surface area contributed by atoms with E-state index in [-0.39, 0.29) is 12.1 Å². The van der Waals surface area contributed by atoms with Gasteiger partial charge in [0.1, 0.15) is 6.10 Å². The Morgan fingerprint density at radius 1 is 1.37 bits per heavy atom. The molecule has 19 heavy (non-hydrogen) atoms. The lowest BCUT2D eigenvalue weighted by atomic mass is 9.86. The van der Waals surface area contributed by atoms with Crippen molar-refractivity contribution in [1.82, 2.24) is 10.1 Å². The fraction of sp³-hybridized carbons (Fsp3) is 0.857. The van der Waals surface area contributed by atoms with Crippen molar-refractivity contribution >= 4 is 0 Å². The molecule has 0 spiro atoms. The number of nitrogens with two attached hydrogens (primary N) is 1. The zero-order chi connectivity index (χ0) is 13.2. The maximum atomic E-state index is 6.02. The van der Waals surface area contributed by atoms with E-state index in [0.717, 1.165) is 37.4 Å². The molecule has 2 aliphatic rings. The van der Waals surface area contributed by atoms with Crippen LogP contribution < -0.4 is 5.73 Å². The Morgan fingerprint density at radius 2 is 2.21 bits per heavy atom. The Bertz CT molecular complexity index is 417. The van der Waals surface area contributed by atoms with Gasteiger partial charge in [-0.1, -0.05) is 11.6 Å². The number of nitrogens with zero attached hydrogens (tertiary/aromatic N) is 2. The van der Waals surface area contributed by atoms with Gasteiger partial charge in [0, 0.05) is 18.6 Å². The van der Waals surface area contributed by atoms with Crippen LogP contribution in [0.4, 0.5) is 0 Å². The molecular weight excluding hydrogens is 242 g/mol. The average molecular weight is 265 g/mol. The largest absolute Gasteiger partial charge is 0.370 e. The minimum absolute atomic E-state index is 0.0276. The summed E-state index contributed by atoms with van der Waals surface area (Å²) in [5.74, 6) is 2.42. The monoisotopic (exact) mass is 265 g/mol. The summed E-state index contributed by atoms with van der Waals surface area (Å²) in [6, 6.07) is 0.278. The van der Waals surface area contributed by atoms with E-state index < -0.39 is 0 Å². The van der Waals surface area contributed by atoms with Crippen molar-refractivity contribution in [1.29, 1.82) is 0 Å². The summed E-state index contributed by atoms with van der Waals surface area (Å²) in [5.41, 5.74) is 6.02. The van der Waals surface area contributed by atoms with Crippen LogP contribution >= 0.6 is 0 Å². The first kappa shape index (κ1) is 13.1.